The molecule has 0 atom stereocenters. The number of nitrogens with zero attached hydrogens (tertiary/aromatic N) is 2. The molecule has 0 aliphatic rings. The van der Waals surface area contributed by atoms with Gasteiger partial charge in [-0.15, -0.1) is 0 Å². The zero-order valence-corrected chi connectivity index (χ0v) is 42.3. The van der Waals surface area contributed by atoms with Crippen molar-refractivity contribution in [1.29, 1.82) is 0 Å². The summed E-state index contributed by atoms with van der Waals surface area (Å²) in [5.41, 5.74) is 14.7. The molecule has 0 fully saturated rings. The Balaban J connectivity index is 0.844. The minimum atomic E-state index is 0.852. The molecule has 0 aliphatic carbocycles. The molecule has 0 saturated heterocycles. The SMILES string of the molecule is c1ccc(N(c2ccccc2)c2c3ccccc3c(-c3ccc4c(c3)oc3ccc5c(ccc6oc7cc(-c8c9ccccc9c(N(c9ccccc9)c9ccccc9)c9ccccc89)ccc7c65)c34)c3ccccc23)cc1. The van der Waals surface area contributed by atoms with Gasteiger partial charge in [0.15, 0.2) is 0 Å². The van der Waals surface area contributed by atoms with E-state index in [4.69, 9.17) is 8.83 Å². The van der Waals surface area contributed by atoms with Gasteiger partial charge in [0, 0.05) is 65.8 Å². The summed E-state index contributed by atoms with van der Waals surface area (Å²) in [6, 6.07) is 100. The fourth-order valence-electron chi connectivity index (χ4n) is 12.7. The second-order valence-corrected chi connectivity index (χ2v) is 20.2. The molecule has 0 radical (unpaired) electrons. The van der Waals surface area contributed by atoms with E-state index in [0.29, 0.717) is 0 Å². The van der Waals surface area contributed by atoms with Gasteiger partial charge < -0.3 is 18.6 Å². The summed E-state index contributed by atoms with van der Waals surface area (Å²) in [6.45, 7) is 0. The molecule has 2 heterocycles. The molecule has 0 aliphatic heterocycles. The van der Waals surface area contributed by atoms with Crippen LogP contribution in [0.2, 0.25) is 0 Å². The molecule has 364 valence electrons. The maximum Gasteiger partial charge on any atom is 0.136 e. The predicted octanol–water partition coefficient (Wildman–Crippen LogP) is 21.5. The standard InChI is InChI=1S/C74H46N2O2/c1-5-21-49(22-6-1)75(50-23-7-2-8-24-50)73-59-33-17-13-29-53(59)69(54-30-14-18-34-60(54)73)47-37-39-63-67(45-47)77-65-43-41-58-57(71(63)65)42-44-66-72(58)64-40-38-48(46-68(64)78-66)70-55-31-15-19-35-61(55)74(62-36-20-16-32-56(62)70)76(51-25-9-3-10-26-51)52-27-11-4-12-28-52/h1-46H. The lowest BCUT2D eigenvalue weighted by atomic mass is 9.89. The summed E-state index contributed by atoms with van der Waals surface area (Å²) < 4.78 is 13.8. The number of hydrogen-bond donors (Lipinski definition) is 0. The monoisotopic (exact) mass is 994 g/mol. The van der Waals surface area contributed by atoms with Crippen molar-refractivity contribution in [3.8, 4) is 22.3 Å². The highest BCUT2D eigenvalue weighted by Crippen LogP contribution is 2.51. The summed E-state index contributed by atoms with van der Waals surface area (Å²) in [5.74, 6) is 0. The van der Waals surface area contributed by atoms with Gasteiger partial charge in [0.1, 0.15) is 22.3 Å². The maximum atomic E-state index is 6.88. The summed E-state index contributed by atoms with van der Waals surface area (Å²) in [4.78, 5) is 4.80. The second kappa shape index (κ2) is 17.6. The smallest absolute Gasteiger partial charge is 0.136 e. The average Bonchev–Trinajstić information content (AvgIpc) is 4.17. The van der Waals surface area contributed by atoms with Crippen molar-refractivity contribution >= 4 is 132 Å². The van der Waals surface area contributed by atoms with Crippen LogP contribution in [0, 0.1) is 0 Å². The van der Waals surface area contributed by atoms with Gasteiger partial charge >= 0.3 is 0 Å². The van der Waals surface area contributed by atoms with Gasteiger partial charge in [0.05, 0.1) is 11.4 Å². The highest BCUT2D eigenvalue weighted by atomic mass is 16.3. The van der Waals surface area contributed by atoms with Crippen LogP contribution in [0.25, 0.3) is 120 Å². The Kier molecular flexibility index (Phi) is 9.91. The first-order chi connectivity index (χ1) is 38.7. The van der Waals surface area contributed by atoms with Crippen LogP contribution in [0.3, 0.4) is 0 Å². The normalized spacial score (nSPS) is 11.8. The third-order valence-corrected chi connectivity index (χ3v) is 16.0. The number of fused-ring (bicyclic) bond motifs is 13. The Hall–Kier alpha value is -10.4. The molecular weight excluding hydrogens is 949 g/mol. The second-order valence-electron chi connectivity index (χ2n) is 20.2. The lowest BCUT2D eigenvalue weighted by Gasteiger charge is -2.29. The van der Waals surface area contributed by atoms with Gasteiger partial charge in [-0.1, -0.05) is 182 Å². The van der Waals surface area contributed by atoms with Gasteiger partial charge in [-0.2, -0.15) is 0 Å². The Morgan fingerprint density at radius 3 is 0.782 bits per heavy atom. The topological polar surface area (TPSA) is 32.8 Å². The van der Waals surface area contributed by atoms with Crippen molar-refractivity contribution in [1.82, 2.24) is 0 Å². The molecule has 16 aromatic rings. The first kappa shape index (κ1) is 43.9. The molecule has 0 saturated carbocycles. The lowest BCUT2D eigenvalue weighted by molar-refractivity contribution is 0.668. The summed E-state index contributed by atoms with van der Waals surface area (Å²) in [5, 5.41) is 16.0. The predicted molar refractivity (Wildman–Crippen MR) is 329 cm³/mol. The molecule has 2 aromatic heterocycles. The van der Waals surface area contributed by atoms with E-state index in [2.05, 4.69) is 289 Å². The third-order valence-electron chi connectivity index (χ3n) is 16.0. The molecule has 4 nitrogen and oxygen atoms in total. The van der Waals surface area contributed by atoms with Gasteiger partial charge in [-0.05, 0) is 152 Å². The highest BCUT2D eigenvalue weighted by Gasteiger charge is 2.25. The number of rotatable bonds is 8. The van der Waals surface area contributed by atoms with E-state index < -0.39 is 0 Å². The molecule has 4 heteroatoms. The highest BCUT2D eigenvalue weighted by molar-refractivity contribution is 6.29. The van der Waals surface area contributed by atoms with Crippen LogP contribution < -0.4 is 9.80 Å². The largest absolute Gasteiger partial charge is 0.456 e. The van der Waals surface area contributed by atoms with E-state index in [-0.39, 0.29) is 0 Å². The lowest BCUT2D eigenvalue weighted by Crippen LogP contribution is -2.11. The Bertz CT molecular complexity index is 4510. The molecule has 0 spiro atoms. The van der Waals surface area contributed by atoms with Crippen LogP contribution in [0.5, 0.6) is 0 Å². The van der Waals surface area contributed by atoms with Crippen molar-refractivity contribution in [2.75, 3.05) is 9.80 Å². The van der Waals surface area contributed by atoms with Crippen molar-refractivity contribution < 1.29 is 8.83 Å². The van der Waals surface area contributed by atoms with Crippen LogP contribution in [-0.2, 0) is 0 Å². The number of benzene rings is 14. The van der Waals surface area contributed by atoms with Crippen LogP contribution in [0.15, 0.2) is 288 Å². The molecular formula is C74H46N2O2. The van der Waals surface area contributed by atoms with E-state index in [0.717, 1.165) is 99.9 Å². The van der Waals surface area contributed by atoms with E-state index in [1.54, 1.807) is 0 Å². The molecule has 0 N–H and O–H groups in total. The van der Waals surface area contributed by atoms with E-state index in [9.17, 15) is 0 Å². The van der Waals surface area contributed by atoms with E-state index >= 15 is 0 Å². The van der Waals surface area contributed by atoms with E-state index in [1.807, 2.05) is 0 Å². The van der Waals surface area contributed by atoms with Crippen LogP contribution in [0.4, 0.5) is 34.1 Å². The Labute approximate surface area is 449 Å². The maximum absolute atomic E-state index is 6.88. The van der Waals surface area contributed by atoms with Crippen molar-refractivity contribution in [2.45, 2.75) is 0 Å². The van der Waals surface area contributed by atoms with Crippen LogP contribution >= 0.6 is 0 Å². The van der Waals surface area contributed by atoms with Crippen molar-refractivity contribution in [3.63, 3.8) is 0 Å². The fraction of sp³-hybridized carbons (Fsp3) is 0. The van der Waals surface area contributed by atoms with Gasteiger partial charge in [-0.3, -0.25) is 0 Å². The quantitative estimate of drug-likeness (QED) is 0.142. The average molecular weight is 995 g/mol. The number of para-hydroxylation sites is 4. The van der Waals surface area contributed by atoms with E-state index in [1.165, 1.54) is 54.2 Å². The summed E-state index contributed by atoms with van der Waals surface area (Å²) in [7, 11) is 0. The minimum Gasteiger partial charge on any atom is -0.456 e. The minimum absolute atomic E-state index is 0.852. The molecule has 0 bridgehead atoms. The van der Waals surface area contributed by atoms with Crippen molar-refractivity contribution in [2.24, 2.45) is 0 Å². The van der Waals surface area contributed by atoms with Gasteiger partial charge in [-0.25, -0.2) is 0 Å². The molecule has 14 aromatic carbocycles. The summed E-state index contributed by atoms with van der Waals surface area (Å²) in [6.07, 6.45) is 0. The first-order valence-electron chi connectivity index (χ1n) is 26.7. The first-order valence-corrected chi connectivity index (χ1v) is 26.7. The van der Waals surface area contributed by atoms with Crippen LogP contribution in [-0.4, -0.2) is 0 Å². The number of furan rings is 2. The molecule has 0 amide bonds. The summed E-state index contributed by atoms with van der Waals surface area (Å²) >= 11 is 0. The number of anilines is 6. The zero-order chi connectivity index (χ0) is 51.3. The van der Waals surface area contributed by atoms with Crippen molar-refractivity contribution in [3.05, 3.63) is 279 Å². The third kappa shape index (κ3) is 6.73. The molecule has 0 unspecified atom stereocenters. The Morgan fingerprint density at radius 1 is 0.205 bits per heavy atom. The number of hydrogen-bond acceptors (Lipinski definition) is 4. The van der Waals surface area contributed by atoms with Crippen LogP contribution in [0.1, 0.15) is 0 Å². The Morgan fingerprint density at radius 2 is 0.474 bits per heavy atom. The van der Waals surface area contributed by atoms with Gasteiger partial charge in [0.2, 0.25) is 0 Å². The van der Waals surface area contributed by atoms with Gasteiger partial charge in [0.25, 0.3) is 0 Å². The molecule has 78 heavy (non-hydrogen) atoms. The fourth-order valence-corrected chi connectivity index (χ4v) is 12.7. The zero-order valence-electron chi connectivity index (χ0n) is 42.3. The molecule has 16 rings (SSSR count).